The van der Waals surface area contributed by atoms with E-state index in [1.165, 1.54) is 11.3 Å². The molecule has 1 aliphatic heterocycles. The van der Waals surface area contributed by atoms with Crippen LogP contribution in [-0.4, -0.2) is 12.6 Å². The molecule has 184 valence electrons. The van der Waals surface area contributed by atoms with Crippen molar-refractivity contribution in [3.05, 3.63) is 111 Å². The molecule has 0 aliphatic carbocycles. The average Bonchev–Trinajstić information content (AvgIpc) is 3.24. The van der Waals surface area contributed by atoms with Gasteiger partial charge in [0.15, 0.2) is 0 Å². The van der Waals surface area contributed by atoms with Crippen LogP contribution in [0.3, 0.4) is 0 Å². The van der Waals surface area contributed by atoms with Gasteiger partial charge in [0.1, 0.15) is 40.4 Å². The van der Waals surface area contributed by atoms with Gasteiger partial charge < -0.3 is 19.9 Å². The van der Waals surface area contributed by atoms with E-state index in [4.69, 9.17) is 43.1 Å². The molecule has 0 fully saturated rings. The maximum atomic E-state index is 13.0. The Morgan fingerprint density at radius 2 is 1.97 bits per heavy atom. The van der Waals surface area contributed by atoms with E-state index in [0.29, 0.717) is 34.1 Å². The van der Waals surface area contributed by atoms with Gasteiger partial charge in [-0.1, -0.05) is 60.1 Å². The highest BCUT2D eigenvalue weighted by atomic mass is 35.5. The van der Waals surface area contributed by atoms with E-state index in [0.717, 1.165) is 10.3 Å². The smallest absolute Gasteiger partial charge is 0.355 e. The molecule has 4 aromatic rings. The van der Waals surface area contributed by atoms with Gasteiger partial charge in [0.25, 0.3) is 0 Å². The number of rotatable bonds is 6. The van der Waals surface area contributed by atoms with E-state index in [-0.39, 0.29) is 27.1 Å². The molecule has 0 spiro atoms. The van der Waals surface area contributed by atoms with Gasteiger partial charge in [-0.2, -0.15) is 5.26 Å². The molecule has 6 nitrogen and oxygen atoms in total. The molecule has 2 N–H and O–H groups in total. The third-order valence-electron chi connectivity index (χ3n) is 5.75. The van der Waals surface area contributed by atoms with Gasteiger partial charge in [-0.15, -0.1) is 11.3 Å². The Bertz CT molecular complexity index is 1640. The fourth-order valence-corrected chi connectivity index (χ4v) is 5.96. The van der Waals surface area contributed by atoms with Crippen LogP contribution in [0.2, 0.25) is 10.0 Å². The molecule has 1 atom stereocenters. The molecule has 0 amide bonds. The SMILES string of the molecule is C=CCOc1cccc(C2C(C#N)=C(N)Oc3cc(OC(=O)c4sc5cccc(Cl)c5c4Cl)ccc32)c1. The Morgan fingerprint density at radius 3 is 2.73 bits per heavy atom. The molecular weight excluding hydrogens is 531 g/mol. The van der Waals surface area contributed by atoms with Crippen LogP contribution in [0.15, 0.2) is 84.8 Å². The summed E-state index contributed by atoms with van der Waals surface area (Å²) in [5.41, 5.74) is 7.88. The second kappa shape index (κ2) is 10.2. The molecule has 0 radical (unpaired) electrons. The number of thiophene rings is 1. The Labute approximate surface area is 226 Å². The van der Waals surface area contributed by atoms with Gasteiger partial charge in [0, 0.05) is 21.7 Å². The molecule has 0 saturated carbocycles. The first-order valence-electron chi connectivity index (χ1n) is 11.0. The van der Waals surface area contributed by atoms with Crippen LogP contribution in [0.1, 0.15) is 26.7 Å². The van der Waals surface area contributed by atoms with Gasteiger partial charge in [-0.25, -0.2) is 4.79 Å². The predicted molar refractivity (Wildman–Crippen MR) is 145 cm³/mol. The topological polar surface area (TPSA) is 94.6 Å². The first-order chi connectivity index (χ1) is 17.9. The van der Waals surface area contributed by atoms with Crippen molar-refractivity contribution in [3.63, 3.8) is 0 Å². The summed E-state index contributed by atoms with van der Waals surface area (Å²) >= 11 is 13.9. The number of ether oxygens (including phenoxy) is 3. The van der Waals surface area contributed by atoms with E-state index in [1.54, 1.807) is 36.4 Å². The highest BCUT2D eigenvalue weighted by Crippen LogP contribution is 2.44. The molecule has 1 unspecified atom stereocenters. The zero-order chi connectivity index (χ0) is 26.1. The van der Waals surface area contributed by atoms with Crippen LogP contribution in [0.5, 0.6) is 17.2 Å². The summed E-state index contributed by atoms with van der Waals surface area (Å²) in [6, 6.07) is 19.8. The van der Waals surface area contributed by atoms with Crippen molar-refractivity contribution >= 4 is 50.6 Å². The standard InChI is InChI=1S/C28H18Cl2N2O4S/c1-2-11-34-16-6-3-5-15(12-16)23-18-10-9-17(13-21(18)36-27(32)19(23)14-31)35-28(33)26-25(30)24-20(29)7-4-8-22(24)37-26/h2-10,12-13,23H,1,11,32H2. The molecule has 3 aromatic carbocycles. The highest BCUT2D eigenvalue weighted by molar-refractivity contribution is 7.21. The average molecular weight is 549 g/mol. The number of nitriles is 1. The number of halogens is 2. The summed E-state index contributed by atoms with van der Waals surface area (Å²) in [6.45, 7) is 4.01. The Morgan fingerprint density at radius 1 is 1.16 bits per heavy atom. The maximum Gasteiger partial charge on any atom is 0.355 e. The Kier molecular flexibility index (Phi) is 6.81. The van der Waals surface area contributed by atoms with Crippen molar-refractivity contribution in [2.75, 3.05) is 6.61 Å². The fraction of sp³-hybridized carbons (Fsp3) is 0.0714. The number of allylic oxidation sites excluding steroid dienone is 1. The molecular formula is C28H18Cl2N2O4S. The van der Waals surface area contributed by atoms with Crippen molar-refractivity contribution < 1.29 is 19.0 Å². The quantitative estimate of drug-likeness (QED) is 0.155. The lowest BCUT2D eigenvalue weighted by Gasteiger charge is -2.27. The molecule has 1 aromatic heterocycles. The molecule has 5 rings (SSSR count). The second-order valence-corrected chi connectivity index (χ2v) is 9.88. The number of benzene rings is 3. The third kappa shape index (κ3) is 4.63. The lowest BCUT2D eigenvalue weighted by atomic mass is 9.83. The van der Waals surface area contributed by atoms with Gasteiger partial charge >= 0.3 is 5.97 Å². The third-order valence-corrected chi connectivity index (χ3v) is 7.69. The zero-order valence-corrected chi connectivity index (χ0v) is 21.5. The van der Waals surface area contributed by atoms with Crippen molar-refractivity contribution in [2.24, 2.45) is 5.73 Å². The number of carbonyl (C=O) groups excluding carboxylic acids is 1. The Hall–Kier alpha value is -3.96. The van der Waals surface area contributed by atoms with E-state index in [2.05, 4.69) is 12.6 Å². The zero-order valence-electron chi connectivity index (χ0n) is 19.2. The lowest BCUT2D eigenvalue weighted by molar-refractivity contribution is 0.0740. The minimum Gasteiger partial charge on any atom is -0.490 e. The van der Waals surface area contributed by atoms with Crippen molar-refractivity contribution in [3.8, 4) is 23.3 Å². The van der Waals surface area contributed by atoms with Crippen LogP contribution in [0.25, 0.3) is 10.1 Å². The first-order valence-corrected chi connectivity index (χ1v) is 12.6. The monoisotopic (exact) mass is 548 g/mol. The number of hydrogen-bond donors (Lipinski definition) is 1. The summed E-state index contributed by atoms with van der Waals surface area (Å²) in [4.78, 5) is 13.2. The molecule has 1 aliphatic rings. The number of nitrogens with two attached hydrogens (primary N) is 1. The number of hydrogen-bond acceptors (Lipinski definition) is 7. The Balaban J connectivity index is 1.48. The van der Waals surface area contributed by atoms with Crippen molar-refractivity contribution in [1.29, 1.82) is 5.26 Å². The molecule has 2 heterocycles. The first kappa shape index (κ1) is 24.7. The van der Waals surface area contributed by atoms with Crippen LogP contribution < -0.4 is 19.9 Å². The fourth-order valence-electron chi connectivity index (χ4n) is 4.14. The number of nitrogens with zero attached hydrogens (tertiary/aromatic N) is 1. The predicted octanol–water partition coefficient (Wildman–Crippen LogP) is 7.21. The van der Waals surface area contributed by atoms with E-state index in [9.17, 15) is 10.1 Å². The summed E-state index contributed by atoms with van der Waals surface area (Å²) in [5.74, 6) is 0.0937. The summed E-state index contributed by atoms with van der Waals surface area (Å²) in [5, 5.41) is 11.1. The van der Waals surface area contributed by atoms with Crippen LogP contribution in [0.4, 0.5) is 0 Å². The van der Waals surface area contributed by atoms with E-state index in [1.807, 2.05) is 30.3 Å². The number of carbonyl (C=O) groups is 1. The van der Waals surface area contributed by atoms with Crippen molar-refractivity contribution in [2.45, 2.75) is 5.92 Å². The maximum absolute atomic E-state index is 13.0. The van der Waals surface area contributed by atoms with Gasteiger partial charge in [0.2, 0.25) is 5.88 Å². The minimum atomic E-state index is -0.622. The highest BCUT2D eigenvalue weighted by Gasteiger charge is 2.31. The van der Waals surface area contributed by atoms with Crippen LogP contribution in [-0.2, 0) is 0 Å². The van der Waals surface area contributed by atoms with Crippen LogP contribution in [0, 0.1) is 11.3 Å². The second-order valence-electron chi connectivity index (χ2n) is 8.04. The van der Waals surface area contributed by atoms with E-state index >= 15 is 0 Å². The summed E-state index contributed by atoms with van der Waals surface area (Å²) in [6.07, 6.45) is 1.65. The lowest BCUT2D eigenvalue weighted by Crippen LogP contribution is -2.21. The molecule has 9 heteroatoms. The molecule has 37 heavy (non-hydrogen) atoms. The summed E-state index contributed by atoms with van der Waals surface area (Å²) in [7, 11) is 0. The minimum absolute atomic E-state index is 0.0249. The normalized spacial score (nSPS) is 14.5. The van der Waals surface area contributed by atoms with Crippen LogP contribution >= 0.6 is 34.5 Å². The van der Waals surface area contributed by atoms with Gasteiger partial charge in [-0.05, 0) is 35.9 Å². The largest absolute Gasteiger partial charge is 0.490 e. The van der Waals surface area contributed by atoms with Gasteiger partial charge in [-0.3, -0.25) is 0 Å². The number of esters is 1. The molecule has 0 saturated heterocycles. The van der Waals surface area contributed by atoms with E-state index < -0.39 is 11.9 Å². The molecule has 0 bridgehead atoms. The number of fused-ring (bicyclic) bond motifs is 2. The van der Waals surface area contributed by atoms with Gasteiger partial charge in [0.05, 0.1) is 16.0 Å². The summed E-state index contributed by atoms with van der Waals surface area (Å²) < 4.78 is 17.8. The van der Waals surface area contributed by atoms with Crippen molar-refractivity contribution in [1.82, 2.24) is 0 Å².